The van der Waals surface area contributed by atoms with Crippen LogP contribution >= 0.6 is 23.2 Å². The molecular formula is C35H40Cl2N2O6. The lowest BCUT2D eigenvalue weighted by Crippen LogP contribution is -2.50. The topological polar surface area (TPSA) is 77.5 Å². The van der Waals surface area contributed by atoms with E-state index in [2.05, 4.69) is 24.9 Å². The fourth-order valence-corrected chi connectivity index (χ4v) is 6.09. The average Bonchev–Trinajstić information content (AvgIpc) is 3.15. The van der Waals surface area contributed by atoms with E-state index in [4.69, 9.17) is 42.1 Å². The smallest absolute Gasteiger partial charge is 0.411 e. The Balaban J connectivity index is 1.36. The lowest BCUT2D eigenvalue weighted by molar-refractivity contribution is -0.147. The van der Waals surface area contributed by atoms with Crippen LogP contribution in [-0.2, 0) is 33.8 Å². The van der Waals surface area contributed by atoms with Crippen LogP contribution in [0.4, 0.5) is 4.79 Å². The van der Waals surface area contributed by atoms with Crippen molar-refractivity contribution >= 4 is 35.3 Å². The molecule has 0 saturated carbocycles. The molecule has 5 rings (SSSR count). The van der Waals surface area contributed by atoms with Crippen molar-refractivity contribution in [2.45, 2.75) is 77.5 Å². The van der Waals surface area contributed by atoms with E-state index in [9.17, 15) is 9.59 Å². The maximum absolute atomic E-state index is 13.1. The lowest BCUT2D eigenvalue weighted by atomic mass is 9.92. The zero-order valence-corrected chi connectivity index (χ0v) is 28.1. The van der Waals surface area contributed by atoms with E-state index in [1.807, 2.05) is 42.5 Å². The molecule has 8 nitrogen and oxygen atoms in total. The Morgan fingerprint density at radius 2 is 1.71 bits per heavy atom. The first kappa shape index (κ1) is 32.9. The molecular weight excluding hydrogens is 615 g/mol. The Hall–Kier alpha value is -3.46. The molecule has 0 radical (unpaired) electrons. The highest BCUT2D eigenvalue weighted by Gasteiger charge is 2.38. The van der Waals surface area contributed by atoms with Crippen LogP contribution in [0.2, 0.25) is 10.0 Å². The molecule has 0 spiro atoms. The number of methoxy groups -OCH3 is 1. The molecule has 3 aromatic rings. The first-order valence-electron chi connectivity index (χ1n) is 15.1. The first-order valence-corrected chi connectivity index (χ1v) is 15.9. The van der Waals surface area contributed by atoms with Gasteiger partial charge < -0.3 is 18.9 Å². The fraction of sp³-hybridized carbons (Fsp3) is 0.429. The first-order chi connectivity index (χ1) is 21.3. The van der Waals surface area contributed by atoms with E-state index in [0.717, 1.165) is 45.7 Å². The Bertz CT molecular complexity index is 1550. The van der Waals surface area contributed by atoms with Crippen molar-refractivity contribution in [3.8, 4) is 11.5 Å². The standard InChI is InChI=1S/C35H40Cl2N2O6/c1-7-30(22-10-13-27(36)28(37)15-22)43-26-11-8-21(9-12-26)32-20-38(5)18-25-14-23-16-29(33(40)42-6)39(34(41)45-35(2,3)4)19-24(23)17-31(25)44-32/h8-15,17,29-30,32H,7,16,18-20H2,1-6H3/t29-,30+,32+/m0/s1. The van der Waals surface area contributed by atoms with Gasteiger partial charge in [-0.3, -0.25) is 9.80 Å². The van der Waals surface area contributed by atoms with Gasteiger partial charge in [0, 0.05) is 25.1 Å². The molecule has 0 fully saturated rings. The SMILES string of the molecule is CC[C@@H](Oc1ccc([C@H]2CN(C)Cc3cc4c(cc3O2)CN(C(=O)OC(C)(C)C)[C@H](C(=O)OC)C4)cc1)c1ccc(Cl)c(Cl)c1. The van der Waals surface area contributed by atoms with Gasteiger partial charge >= 0.3 is 12.1 Å². The molecule has 10 heteroatoms. The van der Waals surface area contributed by atoms with Crippen molar-refractivity contribution < 1.29 is 28.5 Å². The molecule has 240 valence electrons. The second-order valence-corrected chi connectivity index (χ2v) is 13.5. The second-order valence-electron chi connectivity index (χ2n) is 12.6. The lowest BCUT2D eigenvalue weighted by Gasteiger charge is -2.36. The Morgan fingerprint density at radius 1 is 0.978 bits per heavy atom. The maximum Gasteiger partial charge on any atom is 0.411 e. The van der Waals surface area contributed by atoms with Gasteiger partial charge in [-0.2, -0.15) is 0 Å². The molecule has 3 aromatic carbocycles. The van der Waals surface area contributed by atoms with Gasteiger partial charge in [0.05, 0.1) is 23.7 Å². The number of carbonyl (C=O) groups is 2. The third-order valence-corrected chi connectivity index (χ3v) is 8.76. The van der Waals surface area contributed by atoms with Crippen molar-refractivity contribution in [1.82, 2.24) is 9.80 Å². The van der Waals surface area contributed by atoms with E-state index >= 15 is 0 Å². The minimum absolute atomic E-state index is 0.164. The summed E-state index contributed by atoms with van der Waals surface area (Å²) >= 11 is 12.4. The molecule has 45 heavy (non-hydrogen) atoms. The van der Waals surface area contributed by atoms with E-state index in [-0.39, 0.29) is 18.8 Å². The summed E-state index contributed by atoms with van der Waals surface area (Å²) in [6.45, 7) is 9.04. The fourth-order valence-electron chi connectivity index (χ4n) is 5.79. The van der Waals surface area contributed by atoms with Crippen LogP contribution in [0.25, 0.3) is 0 Å². The molecule has 2 heterocycles. The maximum atomic E-state index is 13.1. The number of likely N-dealkylation sites (N-methyl/N-ethyl adjacent to an activating group) is 1. The van der Waals surface area contributed by atoms with Crippen LogP contribution < -0.4 is 9.47 Å². The highest BCUT2D eigenvalue weighted by molar-refractivity contribution is 6.42. The van der Waals surface area contributed by atoms with Gasteiger partial charge in [0.15, 0.2) is 0 Å². The molecule has 0 N–H and O–H groups in total. The molecule has 0 aliphatic carbocycles. The number of esters is 1. The van der Waals surface area contributed by atoms with Crippen LogP contribution in [0, 0.1) is 0 Å². The summed E-state index contributed by atoms with van der Waals surface area (Å²) in [5, 5.41) is 1.02. The highest BCUT2D eigenvalue weighted by atomic mass is 35.5. The molecule has 0 unspecified atom stereocenters. The van der Waals surface area contributed by atoms with Crippen molar-refractivity contribution in [1.29, 1.82) is 0 Å². The zero-order chi connectivity index (χ0) is 32.5. The Morgan fingerprint density at radius 3 is 2.36 bits per heavy atom. The number of amides is 1. The van der Waals surface area contributed by atoms with E-state index in [0.29, 0.717) is 29.6 Å². The normalized spacial score (nSPS) is 19.0. The number of fused-ring (bicyclic) bond motifs is 2. The molecule has 2 aliphatic heterocycles. The van der Waals surface area contributed by atoms with Crippen LogP contribution in [0.5, 0.6) is 11.5 Å². The summed E-state index contributed by atoms with van der Waals surface area (Å²) in [5.41, 5.74) is 4.22. The molecule has 0 aromatic heterocycles. The number of rotatable bonds is 6. The number of ether oxygens (including phenoxy) is 4. The van der Waals surface area contributed by atoms with Crippen molar-refractivity contribution in [3.63, 3.8) is 0 Å². The predicted molar refractivity (Wildman–Crippen MR) is 174 cm³/mol. The quantitative estimate of drug-likeness (QED) is 0.250. The second kappa shape index (κ2) is 13.5. The van der Waals surface area contributed by atoms with Gasteiger partial charge in [-0.1, -0.05) is 54.4 Å². The van der Waals surface area contributed by atoms with Crippen LogP contribution in [0.3, 0.4) is 0 Å². The van der Waals surface area contributed by atoms with Gasteiger partial charge in [-0.25, -0.2) is 9.59 Å². The Kier molecular flexibility index (Phi) is 9.87. The third kappa shape index (κ3) is 7.68. The number of nitrogens with zero attached hydrogens (tertiary/aromatic N) is 2. The molecule has 3 atom stereocenters. The molecule has 0 bridgehead atoms. The number of halogens is 2. The van der Waals surface area contributed by atoms with Gasteiger partial charge in [0.1, 0.15) is 35.3 Å². The average molecular weight is 656 g/mol. The summed E-state index contributed by atoms with van der Waals surface area (Å²) in [4.78, 5) is 29.5. The van der Waals surface area contributed by atoms with Crippen molar-refractivity contribution in [2.24, 2.45) is 0 Å². The largest absolute Gasteiger partial charge is 0.486 e. The van der Waals surface area contributed by atoms with Gasteiger partial charge in [0.25, 0.3) is 0 Å². The van der Waals surface area contributed by atoms with E-state index in [1.54, 1.807) is 26.8 Å². The predicted octanol–water partition coefficient (Wildman–Crippen LogP) is 7.92. The third-order valence-electron chi connectivity index (χ3n) is 8.02. The minimum Gasteiger partial charge on any atom is -0.486 e. The molecule has 0 saturated heterocycles. The van der Waals surface area contributed by atoms with Crippen molar-refractivity contribution in [3.05, 3.63) is 92.5 Å². The number of hydrogen-bond acceptors (Lipinski definition) is 7. The van der Waals surface area contributed by atoms with Crippen molar-refractivity contribution in [2.75, 3.05) is 20.7 Å². The number of carbonyl (C=O) groups excluding carboxylic acids is 2. The number of benzene rings is 3. The van der Waals surface area contributed by atoms with Crippen LogP contribution in [0.15, 0.2) is 54.6 Å². The summed E-state index contributed by atoms with van der Waals surface area (Å²) in [5.74, 6) is 1.04. The van der Waals surface area contributed by atoms with Crippen LogP contribution in [0.1, 0.15) is 74.1 Å². The van der Waals surface area contributed by atoms with Gasteiger partial charge in [0.2, 0.25) is 0 Å². The summed E-state index contributed by atoms with van der Waals surface area (Å²) in [6.07, 6.45) is 0.160. The molecule has 1 amide bonds. The highest BCUT2D eigenvalue weighted by Crippen LogP contribution is 2.37. The monoisotopic (exact) mass is 654 g/mol. The summed E-state index contributed by atoms with van der Waals surface area (Å²) in [6, 6.07) is 16.9. The minimum atomic E-state index is -0.766. The van der Waals surface area contributed by atoms with Gasteiger partial charge in [-0.05, 0) is 86.8 Å². The molecule has 2 aliphatic rings. The van der Waals surface area contributed by atoms with Crippen LogP contribution in [-0.4, -0.2) is 54.2 Å². The van der Waals surface area contributed by atoms with E-state index < -0.39 is 23.7 Å². The van der Waals surface area contributed by atoms with Gasteiger partial charge in [-0.15, -0.1) is 0 Å². The van der Waals surface area contributed by atoms with E-state index in [1.165, 1.54) is 12.0 Å². The summed E-state index contributed by atoms with van der Waals surface area (Å²) in [7, 11) is 3.40. The number of hydrogen-bond donors (Lipinski definition) is 0. The summed E-state index contributed by atoms with van der Waals surface area (Å²) < 4.78 is 23.7. The Labute approximate surface area is 275 Å². The zero-order valence-electron chi connectivity index (χ0n) is 26.6.